The number of carbonyl (C=O) groups excluding carboxylic acids is 2. The lowest BCUT2D eigenvalue weighted by atomic mass is 10.0. The van der Waals surface area contributed by atoms with E-state index in [-0.39, 0.29) is 36.2 Å². The van der Waals surface area contributed by atoms with Crippen LogP contribution in [0.3, 0.4) is 0 Å². The molecule has 0 aromatic heterocycles. The Bertz CT molecular complexity index is 1520. The van der Waals surface area contributed by atoms with Gasteiger partial charge in [0.15, 0.2) is 0 Å². The molecule has 0 saturated heterocycles. The van der Waals surface area contributed by atoms with E-state index >= 15 is 0 Å². The molecule has 9 nitrogen and oxygen atoms in total. The summed E-state index contributed by atoms with van der Waals surface area (Å²) >= 11 is 12.6. The Labute approximate surface area is 263 Å². The number of benzene rings is 3. The molecule has 1 atom stereocenters. The molecule has 0 unspecified atom stereocenters. The second-order valence-corrected chi connectivity index (χ2v) is 13.2. The average Bonchev–Trinajstić information content (AvgIpc) is 2.96. The third-order valence-corrected chi connectivity index (χ3v) is 8.36. The molecular formula is C31H37Cl2N3O6S. The topological polar surface area (TPSA) is 105 Å². The Morgan fingerprint density at radius 1 is 0.953 bits per heavy atom. The molecule has 3 rings (SSSR count). The molecule has 232 valence electrons. The van der Waals surface area contributed by atoms with Crippen molar-refractivity contribution in [2.45, 2.75) is 32.9 Å². The average molecular weight is 651 g/mol. The molecule has 0 bridgehead atoms. The Morgan fingerprint density at radius 3 is 2.23 bits per heavy atom. The number of rotatable bonds is 14. The number of anilines is 1. The maximum Gasteiger partial charge on any atom is 0.244 e. The van der Waals surface area contributed by atoms with Crippen LogP contribution in [0.5, 0.6) is 11.5 Å². The van der Waals surface area contributed by atoms with E-state index in [1.54, 1.807) is 24.3 Å². The van der Waals surface area contributed by atoms with Crippen LogP contribution in [0.2, 0.25) is 10.0 Å². The van der Waals surface area contributed by atoms with Crippen molar-refractivity contribution >= 4 is 50.7 Å². The smallest absolute Gasteiger partial charge is 0.244 e. The molecule has 0 aliphatic rings. The summed E-state index contributed by atoms with van der Waals surface area (Å²) in [6, 6.07) is 17.8. The number of hydrogen-bond donors (Lipinski definition) is 1. The zero-order valence-corrected chi connectivity index (χ0v) is 27.2. The molecular weight excluding hydrogens is 613 g/mol. The molecule has 0 fully saturated rings. The van der Waals surface area contributed by atoms with Crippen molar-refractivity contribution in [2.75, 3.05) is 37.9 Å². The standard InChI is InChI=1S/C31H37Cl2N3O6S/c1-21(2)18-34-31(38)28(15-22-9-7-6-8-10-22)35(19-23-11-12-24(32)16-26(23)33)30(37)20-36(43(5,39)40)27-14-13-25(41-3)17-29(27)42-4/h6-14,16-17,21,28H,15,18-20H2,1-5H3,(H,34,38)/t28-/m1/s1. The van der Waals surface area contributed by atoms with Gasteiger partial charge >= 0.3 is 0 Å². The van der Waals surface area contributed by atoms with Gasteiger partial charge in [0.05, 0.1) is 26.2 Å². The molecule has 2 amide bonds. The van der Waals surface area contributed by atoms with Gasteiger partial charge in [-0.2, -0.15) is 0 Å². The number of amides is 2. The van der Waals surface area contributed by atoms with Gasteiger partial charge in [0.2, 0.25) is 21.8 Å². The minimum Gasteiger partial charge on any atom is -0.497 e. The maximum atomic E-state index is 14.3. The predicted molar refractivity (Wildman–Crippen MR) is 171 cm³/mol. The van der Waals surface area contributed by atoms with E-state index < -0.39 is 28.5 Å². The van der Waals surface area contributed by atoms with Crippen molar-refractivity contribution in [1.82, 2.24) is 10.2 Å². The van der Waals surface area contributed by atoms with Gasteiger partial charge in [0, 0.05) is 35.6 Å². The summed E-state index contributed by atoms with van der Waals surface area (Å²) in [5.41, 5.74) is 1.51. The van der Waals surface area contributed by atoms with E-state index in [0.29, 0.717) is 27.9 Å². The van der Waals surface area contributed by atoms with E-state index in [1.807, 2.05) is 44.2 Å². The summed E-state index contributed by atoms with van der Waals surface area (Å²) in [4.78, 5) is 29.4. The first-order chi connectivity index (χ1) is 20.3. The molecule has 0 aliphatic carbocycles. The highest BCUT2D eigenvalue weighted by atomic mass is 35.5. The highest BCUT2D eigenvalue weighted by molar-refractivity contribution is 7.92. The van der Waals surface area contributed by atoms with Crippen LogP contribution >= 0.6 is 23.2 Å². The van der Waals surface area contributed by atoms with Crippen molar-refractivity contribution in [2.24, 2.45) is 5.92 Å². The molecule has 1 N–H and O–H groups in total. The Kier molecular flexibility index (Phi) is 12.1. The van der Waals surface area contributed by atoms with Crippen LogP contribution in [0.15, 0.2) is 66.7 Å². The van der Waals surface area contributed by atoms with Gasteiger partial charge in [-0.25, -0.2) is 8.42 Å². The number of nitrogens with zero attached hydrogens (tertiary/aromatic N) is 2. The fraction of sp³-hybridized carbons (Fsp3) is 0.355. The largest absolute Gasteiger partial charge is 0.497 e. The summed E-state index contributed by atoms with van der Waals surface area (Å²) < 4.78 is 37.8. The minimum atomic E-state index is -3.99. The lowest BCUT2D eigenvalue weighted by molar-refractivity contribution is -0.140. The Balaban J connectivity index is 2.11. The van der Waals surface area contributed by atoms with Crippen molar-refractivity contribution in [3.8, 4) is 11.5 Å². The Hall–Kier alpha value is -3.47. The molecule has 3 aromatic rings. The number of halogens is 2. The van der Waals surface area contributed by atoms with Crippen LogP contribution in [0, 0.1) is 5.92 Å². The molecule has 0 saturated carbocycles. The van der Waals surface area contributed by atoms with Gasteiger partial charge in [0.25, 0.3) is 0 Å². The lowest BCUT2D eigenvalue weighted by Crippen LogP contribution is -2.53. The molecule has 0 radical (unpaired) electrons. The number of hydrogen-bond acceptors (Lipinski definition) is 6. The van der Waals surface area contributed by atoms with Crippen LogP contribution < -0.4 is 19.1 Å². The normalized spacial score (nSPS) is 12.0. The summed E-state index contributed by atoms with van der Waals surface area (Å²) in [5, 5.41) is 3.66. The fourth-order valence-corrected chi connectivity index (χ4v) is 5.72. The van der Waals surface area contributed by atoms with E-state index in [1.165, 1.54) is 31.3 Å². The summed E-state index contributed by atoms with van der Waals surface area (Å²) in [6.45, 7) is 3.66. The molecule has 0 aliphatic heterocycles. The van der Waals surface area contributed by atoms with Crippen LogP contribution in [0.25, 0.3) is 0 Å². The van der Waals surface area contributed by atoms with Crippen molar-refractivity contribution in [3.63, 3.8) is 0 Å². The zero-order chi connectivity index (χ0) is 31.7. The number of nitrogens with one attached hydrogen (secondary N) is 1. The Morgan fingerprint density at radius 2 is 1.65 bits per heavy atom. The maximum absolute atomic E-state index is 14.3. The van der Waals surface area contributed by atoms with Crippen molar-refractivity contribution in [3.05, 3.63) is 87.9 Å². The SMILES string of the molecule is COc1ccc(N(CC(=O)N(Cc2ccc(Cl)cc2Cl)[C@H](Cc2ccccc2)C(=O)NCC(C)C)S(C)(=O)=O)c(OC)c1. The van der Waals surface area contributed by atoms with Crippen LogP contribution in [-0.2, 0) is 32.6 Å². The van der Waals surface area contributed by atoms with Crippen molar-refractivity contribution < 1.29 is 27.5 Å². The minimum absolute atomic E-state index is 0.0707. The molecule has 43 heavy (non-hydrogen) atoms. The van der Waals surface area contributed by atoms with Gasteiger partial charge in [-0.05, 0) is 41.3 Å². The molecule has 12 heteroatoms. The number of carbonyl (C=O) groups is 2. The van der Waals surface area contributed by atoms with Crippen LogP contribution in [-0.4, -0.2) is 64.7 Å². The summed E-state index contributed by atoms with van der Waals surface area (Å²) in [6.07, 6.45) is 1.19. The third-order valence-electron chi connectivity index (χ3n) is 6.65. The second-order valence-electron chi connectivity index (χ2n) is 10.4. The third kappa shape index (κ3) is 9.51. The highest BCUT2D eigenvalue weighted by Gasteiger charge is 2.34. The molecule has 0 heterocycles. The first-order valence-corrected chi connectivity index (χ1v) is 16.2. The summed E-state index contributed by atoms with van der Waals surface area (Å²) in [7, 11) is -1.12. The molecule has 0 spiro atoms. The van der Waals surface area contributed by atoms with E-state index in [9.17, 15) is 18.0 Å². The van der Waals surface area contributed by atoms with Gasteiger partial charge in [-0.1, -0.05) is 73.4 Å². The lowest BCUT2D eigenvalue weighted by Gasteiger charge is -2.34. The van der Waals surface area contributed by atoms with Crippen LogP contribution in [0.4, 0.5) is 5.69 Å². The monoisotopic (exact) mass is 649 g/mol. The van der Waals surface area contributed by atoms with E-state index in [2.05, 4.69) is 5.32 Å². The number of ether oxygens (including phenoxy) is 2. The van der Waals surface area contributed by atoms with E-state index in [0.717, 1.165) is 16.1 Å². The molecule has 3 aromatic carbocycles. The van der Waals surface area contributed by atoms with Gasteiger partial charge in [-0.15, -0.1) is 0 Å². The summed E-state index contributed by atoms with van der Waals surface area (Å²) in [5.74, 6) is -0.178. The van der Waals surface area contributed by atoms with Gasteiger partial charge in [-0.3, -0.25) is 13.9 Å². The van der Waals surface area contributed by atoms with Crippen LogP contribution in [0.1, 0.15) is 25.0 Å². The predicted octanol–water partition coefficient (Wildman–Crippen LogP) is 5.19. The van der Waals surface area contributed by atoms with Gasteiger partial charge in [0.1, 0.15) is 24.1 Å². The fourth-order valence-electron chi connectivity index (χ4n) is 4.40. The zero-order valence-electron chi connectivity index (χ0n) is 24.8. The van der Waals surface area contributed by atoms with Gasteiger partial charge < -0.3 is 19.7 Å². The second kappa shape index (κ2) is 15.3. The quantitative estimate of drug-likeness (QED) is 0.258. The number of methoxy groups -OCH3 is 2. The van der Waals surface area contributed by atoms with E-state index in [4.69, 9.17) is 32.7 Å². The van der Waals surface area contributed by atoms with Crippen molar-refractivity contribution in [1.29, 1.82) is 0 Å². The number of sulfonamides is 1. The highest BCUT2D eigenvalue weighted by Crippen LogP contribution is 2.34. The first kappa shape index (κ1) is 34.0. The first-order valence-electron chi connectivity index (χ1n) is 13.6.